The lowest BCUT2D eigenvalue weighted by Crippen LogP contribution is -2.61. The molecule has 8 N–H and O–H groups in total. The highest BCUT2D eigenvalue weighted by Gasteiger charge is 2.40. The maximum Gasteiger partial charge on any atom is 0.336 e. The molecule has 0 spiro atoms. The van der Waals surface area contributed by atoms with E-state index in [0.29, 0.717) is 22.6 Å². The minimum absolute atomic E-state index is 0.0789. The molecule has 51 heavy (non-hydrogen) atoms. The highest BCUT2D eigenvalue weighted by Crippen LogP contribution is 2.25. The van der Waals surface area contributed by atoms with Crippen LogP contribution in [0.4, 0.5) is 5.69 Å². The van der Waals surface area contributed by atoms with Crippen molar-refractivity contribution in [3.8, 4) is 0 Å². The largest absolute Gasteiger partial charge is 0.423 e. The van der Waals surface area contributed by atoms with E-state index in [1.165, 1.54) is 41.8 Å². The summed E-state index contributed by atoms with van der Waals surface area (Å²) in [5, 5.41) is 11.2. The van der Waals surface area contributed by atoms with Crippen LogP contribution >= 0.6 is 11.8 Å². The molecule has 2 aromatic rings. The first-order chi connectivity index (χ1) is 23.8. The molecule has 17 heteroatoms. The fourth-order valence-corrected chi connectivity index (χ4v) is 6.76. The first-order valence-electron chi connectivity index (χ1n) is 16.5. The van der Waals surface area contributed by atoms with Gasteiger partial charge in [0.25, 0.3) is 0 Å². The van der Waals surface area contributed by atoms with Crippen LogP contribution in [-0.2, 0) is 40.0 Å². The molecule has 4 atom stereocenters. The topological polar surface area (TPSA) is 253 Å². The number of rotatable bonds is 15. The Labute approximate surface area is 299 Å². The molecule has 2 heterocycles. The SMILES string of the molecule is CC(=O)N1CSC[C@H]1C(=O)N[C@H](C(=O)N[C@@H](CC(C)C)C(=O)N[C@@H](CCC(N)=O)C(=O)Nc1ccc2c(CC(N)=O)cc(=O)oc2c1)C(C)(C)C. The Balaban J connectivity index is 1.82. The lowest BCUT2D eigenvalue weighted by molar-refractivity contribution is -0.139. The molecule has 16 nitrogen and oxygen atoms in total. The molecular formula is C34H47N7O9S. The molecule has 1 aliphatic heterocycles. The maximum atomic E-state index is 13.8. The summed E-state index contributed by atoms with van der Waals surface area (Å²) in [5.41, 5.74) is 9.74. The number of hydrogen-bond acceptors (Lipinski definition) is 10. The summed E-state index contributed by atoms with van der Waals surface area (Å²) >= 11 is 1.43. The van der Waals surface area contributed by atoms with Gasteiger partial charge in [0.05, 0.1) is 12.3 Å². The summed E-state index contributed by atoms with van der Waals surface area (Å²) in [5.74, 6) is -3.54. The Morgan fingerprint density at radius 2 is 1.61 bits per heavy atom. The van der Waals surface area contributed by atoms with Crippen molar-refractivity contribution in [2.45, 2.75) is 91.4 Å². The number of nitrogens with zero attached hydrogens (tertiary/aromatic N) is 1. The number of thioether (sulfide) groups is 1. The second-order valence-electron chi connectivity index (χ2n) is 14.0. The first-order valence-corrected chi connectivity index (χ1v) is 17.6. The van der Waals surface area contributed by atoms with Gasteiger partial charge >= 0.3 is 5.63 Å². The van der Waals surface area contributed by atoms with Crippen LogP contribution in [0.1, 0.15) is 66.4 Å². The van der Waals surface area contributed by atoms with Gasteiger partial charge in [0.1, 0.15) is 29.8 Å². The third kappa shape index (κ3) is 11.6. The summed E-state index contributed by atoms with van der Waals surface area (Å²) < 4.78 is 5.25. The van der Waals surface area contributed by atoms with Crippen LogP contribution in [0.3, 0.4) is 0 Å². The number of fused-ring (bicyclic) bond motifs is 1. The van der Waals surface area contributed by atoms with Gasteiger partial charge in [-0.2, -0.15) is 0 Å². The molecule has 7 amide bonds. The maximum absolute atomic E-state index is 13.8. The molecule has 0 saturated carbocycles. The number of nitrogens with one attached hydrogen (secondary N) is 4. The lowest BCUT2D eigenvalue weighted by atomic mass is 9.85. The number of primary amides is 2. The third-order valence-corrected chi connectivity index (χ3v) is 9.13. The van der Waals surface area contributed by atoms with Crippen molar-refractivity contribution >= 4 is 69.8 Å². The second-order valence-corrected chi connectivity index (χ2v) is 15.0. The van der Waals surface area contributed by atoms with Crippen molar-refractivity contribution in [3.63, 3.8) is 0 Å². The van der Waals surface area contributed by atoms with Crippen molar-refractivity contribution in [1.29, 1.82) is 0 Å². The van der Waals surface area contributed by atoms with Crippen LogP contribution in [0.5, 0.6) is 0 Å². The molecule has 0 bridgehead atoms. The lowest BCUT2D eigenvalue weighted by Gasteiger charge is -2.34. The fraction of sp³-hybridized carbons (Fsp3) is 0.529. The minimum atomic E-state index is -1.28. The van der Waals surface area contributed by atoms with E-state index in [1.807, 2.05) is 13.8 Å². The number of benzene rings is 1. The van der Waals surface area contributed by atoms with Crippen molar-refractivity contribution in [2.24, 2.45) is 22.8 Å². The number of carbonyl (C=O) groups excluding carboxylic acids is 7. The molecule has 0 radical (unpaired) electrons. The number of amides is 7. The average Bonchev–Trinajstić information content (AvgIpc) is 3.50. The molecular weight excluding hydrogens is 682 g/mol. The van der Waals surface area contributed by atoms with Crippen LogP contribution < -0.4 is 38.4 Å². The molecule has 0 aliphatic carbocycles. The van der Waals surface area contributed by atoms with Gasteiger partial charge in [0.15, 0.2) is 0 Å². The Morgan fingerprint density at radius 3 is 2.20 bits per heavy atom. The summed E-state index contributed by atoms with van der Waals surface area (Å²) in [7, 11) is 0. The molecule has 1 saturated heterocycles. The Kier molecular flexibility index (Phi) is 13.8. The van der Waals surface area contributed by atoms with Crippen molar-refractivity contribution in [2.75, 3.05) is 16.9 Å². The summed E-state index contributed by atoms with van der Waals surface area (Å²) in [6.45, 7) is 10.3. The molecule has 1 fully saturated rings. The zero-order chi connectivity index (χ0) is 38.2. The monoisotopic (exact) mass is 729 g/mol. The minimum Gasteiger partial charge on any atom is -0.423 e. The van der Waals surface area contributed by atoms with Crippen molar-refractivity contribution in [3.05, 3.63) is 40.2 Å². The number of carbonyl (C=O) groups is 7. The summed E-state index contributed by atoms with van der Waals surface area (Å²) in [6.07, 6.45) is -0.462. The van der Waals surface area contributed by atoms with E-state index in [9.17, 15) is 38.4 Å². The zero-order valence-electron chi connectivity index (χ0n) is 29.6. The van der Waals surface area contributed by atoms with E-state index < -0.39 is 70.7 Å². The van der Waals surface area contributed by atoms with Crippen LogP contribution in [0.25, 0.3) is 11.0 Å². The molecule has 1 aliphatic rings. The Hall–Kier alpha value is -4.93. The second kappa shape index (κ2) is 17.3. The van der Waals surface area contributed by atoms with Gasteiger partial charge in [-0.1, -0.05) is 34.6 Å². The number of anilines is 1. The Bertz CT molecular complexity index is 1740. The van der Waals surface area contributed by atoms with Crippen molar-refractivity contribution in [1.82, 2.24) is 20.9 Å². The predicted octanol–water partition coefficient (Wildman–Crippen LogP) is 0.493. The molecule has 278 valence electrons. The molecule has 1 aromatic carbocycles. The fourth-order valence-electron chi connectivity index (χ4n) is 5.54. The van der Waals surface area contributed by atoms with Crippen molar-refractivity contribution < 1.29 is 38.0 Å². The number of nitrogens with two attached hydrogens (primary N) is 2. The van der Waals surface area contributed by atoms with Gasteiger partial charge in [-0.3, -0.25) is 33.6 Å². The van der Waals surface area contributed by atoms with Gasteiger partial charge in [-0.15, -0.1) is 11.8 Å². The first kappa shape index (κ1) is 40.5. The van der Waals surface area contributed by atoms with E-state index in [-0.39, 0.29) is 48.8 Å². The van der Waals surface area contributed by atoms with E-state index in [0.717, 1.165) is 6.07 Å². The van der Waals surface area contributed by atoms with E-state index in [2.05, 4.69) is 21.3 Å². The van der Waals surface area contributed by atoms with E-state index in [4.69, 9.17) is 15.9 Å². The van der Waals surface area contributed by atoms with Crippen LogP contribution in [-0.4, -0.2) is 82.0 Å². The van der Waals surface area contributed by atoms with Gasteiger partial charge < -0.3 is 42.1 Å². The quantitative estimate of drug-likeness (QED) is 0.138. The summed E-state index contributed by atoms with van der Waals surface area (Å²) in [4.78, 5) is 103. The zero-order valence-corrected chi connectivity index (χ0v) is 30.4. The van der Waals surface area contributed by atoms with Crippen LogP contribution in [0, 0.1) is 11.3 Å². The Morgan fingerprint density at radius 1 is 0.941 bits per heavy atom. The van der Waals surface area contributed by atoms with E-state index in [1.54, 1.807) is 20.8 Å². The summed E-state index contributed by atoms with van der Waals surface area (Å²) in [6, 6.07) is 1.30. The molecule has 1 aromatic heterocycles. The van der Waals surface area contributed by atoms with Gasteiger partial charge in [0.2, 0.25) is 41.4 Å². The molecule has 3 rings (SSSR count). The highest BCUT2D eigenvalue weighted by molar-refractivity contribution is 7.99. The highest BCUT2D eigenvalue weighted by atomic mass is 32.2. The van der Waals surface area contributed by atoms with E-state index >= 15 is 0 Å². The number of hydrogen-bond donors (Lipinski definition) is 6. The average molecular weight is 730 g/mol. The standard InChI is InChI=1S/C34H47N7O9S/c1-17(2)11-23(39-33(49)29(34(4,5)6)40-32(48)24-15-51-16-41(24)18(3)42)31(47)38-22(9-10-26(35)43)30(46)37-20-7-8-21-19(12-27(36)44)13-28(45)50-25(21)14-20/h7-8,13-14,17,22-24,29H,9-12,15-16H2,1-6H3,(H2,35,43)(H2,36,44)(H,37,46)(H,38,47)(H,39,49)(H,40,48)/t22-,23-,24-,29+/m0/s1. The smallest absolute Gasteiger partial charge is 0.336 e. The van der Waals surface area contributed by atoms with Crippen LogP contribution in [0.15, 0.2) is 33.5 Å². The van der Waals surface area contributed by atoms with Gasteiger partial charge in [-0.25, -0.2) is 4.79 Å². The third-order valence-electron chi connectivity index (χ3n) is 8.12. The van der Waals surface area contributed by atoms with Gasteiger partial charge in [-0.05, 0) is 41.9 Å². The van der Waals surface area contributed by atoms with Gasteiger partial charge in [0, 0.05) is 42.3 Å². The van der Waals surface area contributed by atoms with Crippen LogP contribution in [0.2, 0.25) is 0 Å². The normalized spacial score (nSPS) is 16.2. The molecule has 0 unspecified atom stereocenters. The predicted molar refractivity (Wildman–Crippen MR) is 191 cm³/mol.